The summed E-state index contributed by atoms with van der Waals surface area (Å²) in [6.07, 6.45) is 0. The third-order valence-electron chi connectivity index (χ3n) is 4.22. The van der Waals surface area contributed by atoms with Gasteiger partial charge in [0.2, 0.25) is 15.8 Å². The summed E-state index contributed by atoms with van der Waals surface area (Å²) in [5.41, 5.74) is 3.42. The van der Waals surface area contributed by atoms with Crippen molar-refractivity contribution in [3.05, 3.63) is 54.1 Å². The molecule has 0 bridgehead atoms. The molecule has 0 radical (unpaired) electrons. The van der Waals surface area contributed by atoms with Crippen LogP contribution in [0.5, 0.6) is 0 Å². The first-order chi connectivity index (χ1) is 12.7. The standard InChI is InChI=1S/C20H23N3O3S/c1-5-27(24,25)23-17-12-8-14(9-13-17)18-21-19(26-22-18)15-6-10-16(11-7-15)20(2,3)4/h6-13,23H,5H2,1-4H3. The molecule has 0 aliphatic carbocycles. The molecule has 0 amide bonds. The van der Waals surface area contributed by atoms with Crippen molar-refractivity contribution in [3.63, 3.8) is 0 Å². The van der Waals surface area contributed by atoms with Crippen molar-refractivity contribution in [1.82, 2.24) is 10.1 Å². The van der Waals surface area contributed by atoms with E-state index in [4.69, 9.17) is 4.52 Å². The smallest absolute Gasteiger partial charge is 0.258 e. The SMILES string of the molecule is CCS(=O)(=O)Nc1ccc(-c2noc(-c3ccc(C(C)(C)C)cc3)n2)cc1. The Labute approximate surface area is 159 Å². The Hall–Kier alpha value is -2.67. The van der Waals surface area contributed by atoms with Gasteiger partial charge in [0, 0.05) is 16.8 Å². The average Bonchev–Trinajstić information content (AvgIpc) is 3.11. The molecule has 0 aliphatic heterocycles. The van der Waals surface area contributed by atoms with Crippen LogP contribution < -0.4 is 4.72 Å². The second-order valence-electron chi connectivity index (χ2n) is 7.33. The van der Waals surface area contributed by atoms with Gasteiger partial charge >= 0.3 is 0 Å². The van der Waals surface area contributed by atoms with Crippen molar-refractivity contribution in [2.45, 2.75) is 33.1 Å². The van der Waals surface area contributed by atoms with E-state index in [-0.39, 0.29) is 11.2 Å². The molecule has 0 atom stereocenters. The lowest BCUT2D eigenvalue weighted by Crippen LogP contribution is -2.14. The summed E-state index contributed by atoms with van der Waals surface area (Å²) in [7, 11) is -3.30. The predicted molar refractivity (Wildman–Crippen MR) is 107 cm³/mol. The lowest BCUT2D eigenvalue weighted by atomic mass is 9.87. The minimum Gasteiger partial charge on any atom is -0.334 e. The van der Waals surface area contributed by atoms with Crippen LogP contribution in [0.15, 0.2) is 53.1 Å². The number of hydrogen-bond donors (Lipinski definition) is 1. The fourth-order valence-electron chi connectivity index (χ4n) is 2.51. The lowest BCUT2D eigenvalue weighted by molar-refractivity contribution is 0.432. The third-order valence-corrected chi connectivity index (χ3v) is 5.53. The Kier molecular flexibility index (Phi) is 5.06. The third kappa shape index (κ3) is 4.54. The minimum atomic E-state index is -3.30. The molecule has 6 nitrogen and oxygen atoms in total. The Bertz CT molecular complexity index is 1020. The highest BCUT2D eigenvalue weighted by Gasteiger charge is 2.15. The zero-order valence-electron chi connectivity index (χ0n) is 15.9. The molecule has 1 aromatic heterocycles. The molecule has 142 valence electrons. The maximum absolute atomic E-state index is 11.6. The Morgan fingerprint density at radius 3 is 2.11 bits per heavy atom. The maximum atomic E-state index is 11.6. The molecule has 2 aromatic carbocycles. The molecule has 0 spiro atoms. The number of anilines is 1. The van der Waals surface area contributed by atoms with Gasteiger partial charge in [0.05, 0.1) is 5.75 Å². The molecule has 3 rings (SSSR count). The van der Waals surface area contributed by atoms with Gasteiger partial charge in [0.25, 0.3) is 5.89 Å². The van der Waals surface area contributed by atoms with Crippen LogP contribution in [0.25, 0.3) is 22.8 Å². The Morgan fingerprint density at radius 1 is 0.963 bits per heavy atom. The number of rotatable bonds is 5. The highest BCUT2D eigenvalue weighted by molar-refractivity contribution is 7.92. The number of sulfonamides is 1. The van der Waals surface area contributed by atoms with Gasteiger partial charge in [-0.15, -0.1) is 0 Å². The van der Waals surface area contributed by atoms with E-state index in [9.17, 15) is 8.42 Å². The molecule has 27 heavy (non-hydrogen) atoms. The van der Waals surface area contributed by atoms with Crippen LogP contribution in [0, 0.1) is 0 Å². The molecule has 1 N–H and O–H groups in total. The highest BCUT2D eigenvalue weighted by atomic mass is 32.2. The molecule has 0 unspecified atom stereocenters. The van der Waals surface area contributed by atoms with E-state index >= 15 is 0 Å². The molecule has 0 saturated carbocycles. The van der Waals surface area contributed by atoms with Crippen LogP contribution in [0.4, 0.5) is 5.69 Å². The number of nitrogens with zero attached hydrogens (tertiary/aromatic N) is 2. The van der Waals surface area contributed by atoms with Gasteiger partial charge in [-0.2, -0.15) is 4.98 Å². The fourth-order valence-corrected chi connectivity index (χ4v) is 3.15. The molecule has 0 fully saturated rings. The average molecular weight is 385 g/mol. The summed E-state index contributed by atoms with van der Waals surface area (Å²) in [4.78, 5) is 4.45. The lowest BCUT2D eigenvalue weighted by Gasteiger charge is -2.18. The summed E-state index contributed by atoms with van der Waals surface area (Å²) < 4.78 is 31.1. The molecule has 0 aliphatic rings. The van der Waals surface area contributed by atoms with Gasteiger partial charge < -0.3 is 4.52 Å². The zero-order valence-corrected chi connectivity index (χ0v) is 16.7. The van der Waals surface area contributed by atoms with Crippen LogP contribution in [0.3, 0.4) is 0 Å². The van der Waals surface area contributed by atoms with Gasteiger partial charge in [0.15, 0.2) is 0 Å². The predicted octanol–water partition coefficient (Wildman–Crippen LogP) is 4.46. The topological polar surface area (TPSA) is 85.1 Å². The first-order valence-electron chi connectivity index (χ1n) is 8.73. The second kappa shape index (κ2) is 7.15. The normalized spacial score (nSPS) is 12.1. The summed E-state index contributed by atoms with van der Waals surface area (Å²) >= 11 is 0. The van der Waals surface area contributed by atoms with Crippen LogP contribution >= 0.6 is 0 Å². The molecular formula is C20H23N3O3S. The number of aromatic nitrogens is 2. The summed E-state index contributed by atoms with van der Waals surface area (Å²) in [5, 5.41) is 4.03. The van der Waals surface area contributed by atoms with E-state index in [1.807, 2.05) is 12.1 Å². The molecular weight excluding hydrogens is 362 g/mol. The second-order valence-corrected chi connectivity index (χ2v) is 9.34. The van der Waals surface area contributed by atoms with Gasteiger partial charge in [-0.25, -0.2) is 8.42 Å². The Balaban J connectivity index is 1.79. The minimum absolute atomic E-state index is 0.0248. The summed E-state index contributed by atoms with van der Waals surface area (Å²) in [6, 6.07) is 14.9. The van der Waals surface area contributed by atoms with Crippen LogP contribution in [-0.2, 0) is 15.4 Å². The van der Waals surface area contributed by atoms with E-state index < -0.39 is 10.0 Å². The maximum Gasteiger partial charge on any atom is 0.258 e. The molecule has 3 aromatic rings. The van der Waals surface area contributed by atoms with E-state index in [0.717, 1.165) is 11.1 Å². The number of hydrogen-bond acceptors (Lipinski definition) is 5. The fraction of sp³-hybridized carbons (Fsp3) is 0.300. The van der Waals surface area contributed by atoms with Crippen molar-refractivity contribution in [2.75, 3.05) is 10.5 Å². The molecule has 1 heterocycles. The summed E-state index contributed by atoms with van der Waals surface area (Å²) in [5.74, 6) is 0.924. The van der Waals surface area contributed by atoms with Crippen molar-refractivity contribution >= 4 is 15.7 Å². The van der Waals surface area contributed by atoms with Crippen molar-refractivity contribution < 1.29 is 12.9 Å². The van der Waals surface area contributed by atoms with Gasteiger partial charge in [0.1, 0.15) is 0 Å². The van der Waals surface area contributed by atoms with Crippen molar-refractivity contribution in [2.24, 2.45) is 0 Å². The number of benzene rings is 2. The van der Waals surface area contributed by atoms with E-state index in [0.29, 0.717) is 17.4 Å². The highest BCUT2D eigenvalue weighted by Crippen LogP contribution is 2.27. The van der Waals surface area contributed by atoms with Gasteiger partial charge in [-0.05, 0) is 54.3 Å². The Morgan fingerprint density at radius 2 is 1.56 bits per heavy atom. The molecule has 7 heteroatoms. The zero-order chi connectivity index (χ0) is 19.7. The monoisotopic (exact) mass is 385 g/mol. The van der Waals surface area contributed by atoms with Crippen molar-refractivity contribution in [3.8, 4) is 22.8 Å². The largest absolute Gasteiger partial charge is 0.334 e. The quantitative estimate of drug-likeness (QED) is 0.701. The summed E-state index contributed by atoms with van der Waals surface area (Å²) in [6.45, 7) is 8.08. The molecule has 0 saturated heterocycles. The van der Waals surface area contributed by atoms with E-state index in [1.54, 1.807) is 31.2 Å². The van der Waals surface area contributed by atoms with Gasteiger partial charge in [-0.1, -0.05) is 38.1 Å². The number of nitrogens with one attached hydrogen (secondary N) is 1. The van der Waals surface area contributed by atoms with E-state index in [2.05, 4.69) is 47.8 Å². The van der Waals surface area contributed by atoms with Crippen molar-refractivity contribution in [1.29, 1.82) is 0 Å². The first kappa shape index (κ1) is 19.1. The first-order valence-corrected chi connectivity index (χ1v) is 10.4. The van der Waals surface area contributed by atoms with Crippen LogP contribution in [0.1, 0.15) is 33.3 Å². The van der Waals surface area contributed by atoms with Crippen LogP contribution in [0.2, 0.25) is 0 Å². The van der Waals surface area contributed by atoms with Gasteiger partial charge in [-0.3, -0.25) is 4.72 Å². The van der Waals surface area contributed by atoms with E-state index in [1.165, 1.54) is 5.56 Å². The van der Waals surface area contributed by atoms with Crippen LogP contribution in [-0.4, -0.2) is 24.3 Å².